The molecule has 1 rings (SSSR count). The molecule has 35 heavy (non-hydrogen) atoms. The monoisotopic (exact) mass is 500 g/mol. The van der Waals surface area contributed by atoms with Gasteiger partial charge in [-0.1, -0.05) is 87.4 Å². The van der Waals surface area contributed by atoms with Crippen LogP contribution >= 0.6 is 11.6 Å². The first-order valence-electron chi connectivity index (χ1n) is 12.6. The number of ether oxygens (including phenoxy) is 1. The van der Waals surface area contributed by atoms with Gasteiger partial charge in [0.25, 0.3) is 0 Å². The molecule has 0 saturated heterocycles. The molecule has 1 aromatic carbocycles. The number of benzene rings is 1. The molecule has 0 aliphatic rings. The number of hydrogen-bond acceptors (Lipinski definition) is 4. The van der Waals surface area contributed by atoms with Crippen molar-refractivity contribution in [2.75, 3.05) is 0 Å². The summed E-state index contributed by atoms with van der Waals surface area (Å²) in [5, 5.41) is 5.08. The number of allylic oxidation sites excluding steroid dienone is 8. The standard InChI is InChI=1S/C15H21ClO2.C15H24N2/c1-4-6-14(18-15(17)7-5-2)12-8-9-13(16)11(3)10-12;1-6-9-10-12-15(11-7-2)14(5)17-16-13(4)8-3/h8-10,14H,4-7H2,1-3H3;7-12,16H,6H2,1-5H3/b;10-9+,11-7-,13-8-,15-12+,17-14+. The van der Waals surface area contributed by atoms with Crippen molar-refractivity contribution in [2.24, 2.45) is 5.10 Å². The Morgan fingerprint density at radius 2 is 1.89 bits per heavy atom. The lowest BCUT2D eigenvalue weighted by atomic mass is 10.0. The van der Waals surface area contributed by atoms with Crippen molar-refractivity contribution in [3.8, 4) is 0 Å². The Hall–Kier alpha value is -2.59. The molecule has 5 heteroatoms. The van der Waals surface area contributed by atoms with Crippen LogP contribution in [0.25, 0.3) is 0 Å². The normalized spacial score (nSPS) is 13.6. The van der Waals surface area contributed by atoms with Gasteiger partial charge in [-0.25, -0.2) is 0 Å². The predicted molar refractivity (Wildman–Crippen MR) is 153 cm³/mol. The van der Waals surface area contributed by atoms with Crippen LogP contribution in [0.5, 0.6) is 0 Å². The molecule has 1 N–H and O–H groups in total. The first-order chi connectivity index (χ1) is 16.7. The number of esters is 1. The van der Waals surface area contributed by atoms with Crippen molar-refractivity contribution in [3.63, 3.8) is 0 Å². The van der Waals surface area contributed by atoms with Gasteiger partial charge in [0, 0.05) is 17.1 Å². The molecule has 1 unspecified atom stereocenters. The molecular weight excluding hydrogens is 456 g/mol. The van der Waals surface area contributed by atoms with E-state index in [9.17, 15) is 4.79 Å². The Bertz CT molecular complexity index is 911. The van der Waals surface area contributed by atoms with E-state index in [2.05, 4.69) is 48.7 Å². The summed E-state index contributed by atoms with van der Waals surface area (Å²) in [6, 6.07) is 5.80. The fraction of sp³-hybridized carbons (Fsp3) is 0.467. The predicted octanol–water partition coefficient (Wildman–Crippen LogP) is 9.18. The Kier molecular flexibility index (Phi) is 18.2. The van der Waals surface area contributed by atoms with Gasteiger partial charge in [-0.15, -0.1) is 0 Å². The van der Waals surface area contributed by atoms with Gasteiger partial charge in [-0.2, -0.15) is 5.10 Å². The Balaban J connectivity index is 0.000000662. The number of nitrogens with zero attached hydrogens (tertiary/aromatic N) is 1. The maximum atomic E-state index is 11.6. The van der Waals surface area contributed by atoms with Crippen molar-refractivity contribution in [3.05, 3.63) is 82.1 Å². The van der Waals surface area contributed by atoms with Crippen LogP contribution in [-0.2, 0) is 9.53 Å². The smallest absolute Gasteiger partial charge is 0.306 e. The maximum Gasteiger partial charge on any atom is 0.306 e. The van der Waals surface area contributed by atoms with Crippen LogP contribution < -0.4 is 5.43 Å². The minimum absolute atomic E-state index is 0.122. The number of hydrogen-bond donors (Lipinski definition) is 1. The topological polar surface area (TPSA) is 50.7 Å². The minimum atomic E-state index is -0.148. The zero-order chi connectivity index (χ0) is 26.6. The summed E-state index contributed by atoms with van der Waals surface area (Å²) in [4.78, 5) is 11.6. The van der Waals surface area contributed by atoms with Crippen LogP contribution in [0.3, 0.4) is 0 Å². The second-order valence-electron chi connectivity index (χ2n) is 8.26. The Morgan fingerprint density at radius 3 is 2.43 bits per heavy atom. The van der Waals surface area contributed by atoms with Crippen molar-refractivity contribution in [1.29, 1.82) is 0 Å². The maximum absolute atomic E-state index is 11.6. The van der Waals surface area contributed by atoms with E-state index in [0.29, 0.717) is 6.42 Å². The second-order valence-corrected chi connectivity index (χ2v) is 8.67. The number of halogens is 1. The molecule has 0 amide bonds. The summed E-state index contributed by atoms with van der Waals surface area (Å²) in [5.41, 5.74) is 8.20. The lowest BCUT2D eigenvalue weighted by molar-refractivity contribution is -0.149. The van der Waals surface area contributed by atoms with Gasteiger partial charge in [0.15, 0.2) is 0 Å². The quantitative estimate of drug-likeness (QED) is 0.135. The number of carbonyl (C=O) groups is 1. The van der Waals surface area contributed by atoms with Crippen molar-refractivity contribution < 1.29 is 9.53 Å². The number of rotatable bonds is 12. The number of carbonyl (C=O) groups excluding carboxylic acids is 1. The van der Waals surface area contributed by atoms with Crippen molar-refractivity contribution in [1.82, 2.24) is 5.43 Å². The van der Waals surface area contributed by atoms with E-state index in [-0.39, 0.29) is 12.1 Å². The minimum Gasteiger partial charge on any atom is -0.457 e. The zero-order valence-electron chi connectivity index (χ0n) is 23.0. The van der Waals surface area contributed by atoms with Gasteiger partial charge in [0.1, 0.15) is 6.10 Å². The molecule has 1 aromatic rings. The van der Waals surface area contributed by atoms with Crippen LogP contribution in [0.4, 0.5) is 0 Å². The summed E-state index contributed by atoms with van der Waals surface area (Å²) in [5.74, 6) is -0.122. The van der Waals surface area contributed by atoms with Gasteiger partial charge < -0.3 is 4.74 Å². The molecule has 0 aromatic heterocycles. The van der Waals surface area contributed by atoms with Crippen molar-refractivity contribution >= 4 is 23.3 Å². The van der Waals surface area contributed by atoms with Crippen LogP contribution in [0.15, 0.2) is 71.0 Å². The number of hydrazone groups is 1. The third-order valence-corrected chi connectivity index (χ3v) is 5.50. The molecule has 194 valence electrons. The lowest BCUT2D eigenvalue weighted by Crippen LogP contribution is -2.11. The van der Waals surface area contributed by atoms with E-state index < -0.39 is 0 Å². The highest BCUT2D eigenvalue weighted by atomic mass is 35.5. The lowest BCUT2D eigenvalue weighted by Gasteiger charge is -2.18. The summed E-state index contributed by atoms with van der Waals surface area (Å²) in [7, 11) is 0. The highest BCUT2D eigenvalue weighted by molar-refractivity contribution is 6.31. The van der Waals surface area contributed by atoms with Crippen LogP contribution in [0, 0.1) is 6.92 Å². The summed E-state index contributed by atoms with van der Waals surface area (Å²) in [6.45, 7) is 16.1. The molecule has 0 aliphatic heterocycles. The average molecular weight is 501 g/mol. The van der Waals surface area contributed by atoms with Crippen LogP contribution in [0.1, 0.15) is 97.8 Å². The zero-order valence-corrected chi connectivity index (χ0v) is 23.7. The molecule has 0 heterocycles. The molecule has 0 radical (unpaired) electrons. The van der Waals surface area contributed by atoms with Gasteiger partial charge >= 0.3 is 5.97 Å². The van der Waals surface area contributed by atoms with Gasteiger partial charge in [-0.05, 0) is 76.6 Å². The van der Waals surface area contributed by atoms with E-state index in [1.807, 2.05) is 71.9 Å². The summed E-state index contributed by atoms with van der Waals surface area (Å²) < 4.78 is 5.53. The molecule has 0 saturated carbocycles. The fourth-order valence-corrected chi connectivity index (χ4v) is 3.05. The van der Waals surface area contributed by atoms with E-state index >= 15 is 0 Å². The van der Waals surface area contributed by atoms with Crippen LogP contribution in [0.2, 0.25) is 5.02 Å². The van der Waals surface area contributed by atoms with Gasteiger partial charge in [0.2, 0.25) is 0 Å². The number of nitrogens with one attached hydrogen (secondary N) is 1. The highest BCUT2D eigenvalue weighted by Gasteiger charge is 2.16. The van der Waals surface area contributed by atoms with Crippen molar-refractivity contribution in [2.45, 2.75) is 93.6 Å². The molecule has 0 fully saturated rings. The average Bonchev–Trinajstić information content (AvgIpc) is 2.84. The molecule has 0 aliphatic carbocycles. The van der Waals surface area contributed by atoms with E-state index in [1.54, 1.807) is 0 Å². The highest BCUT2D eigenvalue weighted by Crippen LogP contribution is 2.27. The van der Waals surface area contributed by atoms with E-state index in [4.69, 9.17) is 16.3 Å². The molecule has 0 spiro atoms. The largest absolute Gasteiger partial charge is 0.457 e. The third-order valence-electron chi connectivity index (χ3n) is 5.08. The molecular formula is C30H45ClN2O2. The van der Waals surface area contributed by atoms with E-state index in [1.165, 1.54) is 0 Å². The van der Waals surface area contributed by atoms with E-state index in [0.717, 1.165) is 58.8 Å². The first kappa shape index (κ1) is 32.4. The third kappa shape index (κ3) is 14.4. The first-order valence-corrected chi connectivity index (χ1v) is 13.0. The molecule has 4 nitrogen and oxygen atoms in total. The van der Waals surface area contributed by atoms with Crippen LogP contribution in [-0.4, -0.2) is 11.7 Å². The summed E-state index contributed by atoms with van der Waals surface area (Å²) in [6.07, 6.45) is 16.4. The molecule has 1 atom stereocenters. The molecule has 0 bridgehead atoms. The summed E-state index contributed by atoms with van der Waals surface area (Å²) >= 11 is 6.01. The Morgan fingerprint density at radius 1 is 1.17 bits per heavy atom. The van der Waals surface area contributed by atoms with Gasteiger partial charge in [0.05, 0.1) is 5.71 Å². The Labute approximate surface area is 218 Å². The second kappa shape index (κ2) is 19.7. The fourth-order valence-electron chi connectivity index (χ4n) is 2.93. The number of aryl methyl sites for hydroxylation is 1. The SMILES string of the molecule is CCCC(=O)OC(CCC)c1ccc(Cl)c(C)c1.C\C=C/C(=C\C=C\CC)C(/C)=N/N/C(C)=C\C. The van der Waals surface area contributed by atoms with Gasteiger partial charge in [-0.3, -0.25) is 10.2 Å².